The van der Waals surface area contributed by atoms with Gasteiger partial charge in [-0.25, -0.2) is 0 Å². The zero-order valence-electron chi connectivity index (χ0n) is 9.62. The Hall–Kier alpha value is -1.74. The van der Waals surface area contributed by atoms with Crippen molar-refractivity contribution in [2.45, 2.75) is 12.8 Å². The second-order valence-corrected chi connectivity index (χ2v) is 4.91. The molecule has 1 amide bonds. The normalized spacial score (nSPS) is 14.7. The maximum absolute atomic E-state index is 11.8. The largest absolute Gasteiger partial charge is 0.396 e. The number of nitriles is 1. The average molecular weight is 250 g/mol. The Morgan fingerprint density at radius 3 is 2.71 bits per heavy atom. The van der Waals surface area contributed by atoms with Gasteiger partial charge in [-0.1, -0.05) is 0 Å². The number of anilines is 2. The summed E-state index contributed by atoms with van der Waals surface area (Å²) in [6.07, 6.45) is 2.24. The molecule has 0 unspecified atom stereocenters. The predicted octanol–water partition coefficient (Wildman–Crippen LogP) is 1.16. The molecule has 1 aromatic rings. The van der Waals surface area contributed by atoms with Crippen molar-refractivity contribution >= 4 is 27.9 Å². The molecule has 1 aliphatic heterocycles. The summed E-state index contributed by atoms with van der Waals surface area (Å²) in [6.45, 7) is 1.85. The van der Waals surface area contributed by atoms with E-state index in [1.54, 1.807) is 7.05 Å². The molecule has 1 saturated heterocycles. The smallest absolute Gasteiger partial charge is 0.256 e. The Balaban J connectivity index is 2.49. The van der Waals surface area contributed by atoms with Gasteiger partial charge in [-0.15, -0.1) is 11.3 Å². The van der Waals surface area contributed by atoms with Crippen LogP contribution in [0.4, 0.5) is 10.7 Å². The van der Waals surface area contributed by atoms with Crippen LogP contribution in [-0.2, 0) is 0 Å². The molecular weight excluding hydrogens is 236 g/mol. The Kier molecular flexibility index (Phi) is 3.20. The first kappa shape index (κ1) is 11.7. The topological polar surface area (TPSA) is 82.2 Å². The van der Waals surface area contributed by atoms with Crippen LogP contribution >= 0.6 is 11.3 Å². The van der Waals surface area contributed by atoms with Crippen LogP contribution in [0.25, 0.3) is 0 Å². The van der Waals surface area contributed by atoms with Crippen LogP contribution in [-0.4, -0.2) is 26.0 Å². The molecule has 0 bridgehead atoms. The fourth-order valence-corrected chi connectivity index (χ4v) is 3.07. The summed E-state index contributed by atoms with van der Waals surface area (Å²) in [5.41, 5.74) is 6.62. The number of rotatable bonds is 2. The second kappa shape index (κ2) is 4.63. The minimum atomic E-state index is -0.220. The van der Waals surface area contributed by atoms with Gasteiger partial charge in [0.2, 0.25) is 0 Å². The van der Waals surface area contributed by atoms with Crippen molar-refractivity contribution in [2.24, 2.45) is 0 Å². The third-order valence-electron chi connectivity index (χ3n) is 2.88. The van der Waals surface area contributed by atoms with Crippen molar-refractivity contribution in [3.05, 3.63) is 10.4 Å². The van der Waals surface area contributed by atoms with Gasteiger partial charge in [0.1, 0.15) is 15.9 Å². The minimum absolute atomic E-state index is 0.220. The van der Waals surface area contributed by atoms with Crippen LogP contribution < -0.4 is 16.0 Å². The van der Waals surface area contributed by atoms with Gasteiger partial charge in [-0.05, 0) is 12.8 Å². The quantitative estimate of drug-likeness (QED) is 0.825. The summed E-state index contributed by atoms with van der Waals surface area (Å²) in [5.74, 6) is -0.220. The van der Waals surface area contributed by atoms with E-state index in [4.69, 9.17) is 11.0 Å². The third-order valence-corrected chi connectivity index (χ3v) is 4.05. The van der Waals surface area contributed by atoms with Crippen LogP contribution in [0.5, 0.6) is 0 Å². The molecule has 1 aliphatic rings. The van der Waals surface area contributed by atoms with Crippen molar-refractivity contribution in [3.8, 4) is 6.07 Å². The van der Waals surface area contributed by atoms with Gasteiger partial charge in [-0.3, -0.25) is 4.79 Å². The molecule has 90 valence electrons. The summed E-state index contributed by atoms with van der Waals surface area (Å²) in [5, 5.41) is 12.4. The molecule has 0 saturated carbocycles. The highest BCUT2D eigenvalue weighted by Gasteiger charge is 2.26. The molecule has 1 fully saturated rings. The third kappa shape index (κ3) is 1.94. The first-order valence-corrected chi connectivity index (χ1v) is 6.30. The molecular formula is C11H14N4OS. The lowest BCUT2D eigenvalue weighted by Gasteiger charge is -2.16. The van der Waals surface area contributed by atoms with E-state index in [9.17, 15) is 4.79 Å². The van der Waals surface area contributed by atoms with Gasteiger partial charge in [0, 0.05) is 20.1 Å². The van der Waals surface area contributed by atoms with Crippen LogP contribution in [0.15, 0.2) is 0 Å². The lowest BCUT2D eigenvalue weighted by atomic mass is 10.2. The van der Waals surface area contributed by atoms with E-state index >= 15 is 0 Å². The molecule has 0 aliphatic carbocycles. The van der Waals surface area contributed by atoms with Crippen LogP contribution in [0.1, 0.15) is 28.1 Å². The number of thiophene rings is 1. The first-order chi connectivity index (χ1) is 8.19. The Morgan fingerprint density at radius 1 is 1.53 bits per heavy atom. The molecule has 2 heterocycles. The zero-order chi connectivity index (χ0) is 12.4. The van der Waals surface area contributed by atoms with Crippen LogP contribution in [0, 0.1) is 11.3 Å². The van der Waals surface area contributed by atoms with E-state index in [1.807, 2.05) is 6.07 Å². The lowest BCUT2D eigenvalue weighted by Crippen LogP contribution is -2.24. The van der Waals surface area contributed by atoms with Crippen molar-refractivity contribution in [1.29, 1.82) is 5.26 Å². The van der Waals surface area contributed by atoms with Crippen LogP contribution in [0.3, 0.4) is 0 Å². The highest BCUT2D eigenvalue weighted by molar-refractivity contribution is 7.17. The first-order valence-electron chi connectivity index (χ1n) is 5.48. The summed E-state index contributed by atoms with van der Waals surface area (Å²) < 4.78 is 0. The average Bonchev–Trinajstić information content (AvgIpc) is 2.95. The fourth-order valence-electron chi connectivity index (χ4n) is 2.00. The highest BCUT2D eigenvalue weighted by atomic mass is 32.1. The SMILES string of the molecule is CNC(=O)c1c(N2CCCC2)sc(C#N)c1N. The van der Waals surface area contributed by atoms with Gasteiger partial charge in [0.15, 0.2) is 0 Å². The summed E-state index contributed by atoms with van der Waals surface area (Å²) in [7, 11) is 1.57. The number of carbonyl (C=O) groups is 1. The number of nitrogen functional groups attached to an aromatic ring is 1. The monoisotopic (exact) mass is 250 g/mol. The molecule has 2 rings (SSSR count). The maximum Gasteiger partial charge on any atom is 0.256 e. The van der Waals surface area contributed by atoms with Gasteiger partial charge < -0.3 is 16.0 Å². The number of carbonyl (C=O) groups excluding carboxylic acids is 1. The maximum atomic E-state index is 11.8. The van der Waals surface area contributed by atoms with E-state index in [-0.39, 0.29) is 5.91 Å². The lowest BCUT2D eigenvalue weighted by molar-refractivity contribution is 0.0965. The van der Waals surface area contributed by atoms with Crippen molar-refractivity contribution in [3.63, 3.8) is 0 Å². The van der Waals surface area contributed by atoms with E-state index in [0.29, 0.717) is 16.1 Å². The molecule has 1 aromatic heterocycles. The Bertz CT molecular complexity index is 482. The minimum Gasteiger partial charge on any atom is -0.396 e. The standard InChI is InChI=1S/C11H14N4OS/c1-14-10(16)8-9(13)7(6-12)17-11(8)15-4-2-3-5-15/h2-5,13H2,1H3,(H,14,16). The Morgan fingerprint density at radius 2 is 2.18 bits per heavy atom. The highest BCUT2D eigenvalue weighted by Crippen LogP contribution is 2.39. The predicted molar refractivity (Wildman–Crippen MR) is 68.3 cm³/mol. The number of nitrogens with two attached hydrogens (primary N) is 1. The zero-order valence-corrected chi connectivity index (χ0v) is 10.4. The molecule has 0 aromatic carbocycles. The van der Waals surface area contributed by atoms with E-state index in [2.05, 4.69) is 10.2 Å². The fraction of sp³-hybridized carbons (Fsp3) is 0.455. The van der Waals surface area contributed by atoms with Crippen molar-refractivity contribution in [2.75, 3.05) is 30.8 Å². The molecule has 5 nitrogen and oxygen atoms in total. The molecule has 3 N–H and O–H groups in total. The van der Waals surface area contributed by atoms with Gasteiger partial charge >= 0.3 is 0 Å². The number of hydrogen-bond donors (Lipinski definition) is 2. The van der Waals surface area contributed by atoms with Crippen LogP contribution in [0.2, 0.25) is 0 Å². The van der Waals surface area contributed by atoms with E-state index in [1.165, 1.54) is 11.3 Å². The molecule has 0 radical (unpaired) electrons. The Labute approximate surface area is 104 Å². The van der Waals surface area contributed by atoms with Crippen molar-refractivity contribution in [1.82, 2.24) is 5.32 Å². The van der Waals surface area contributed by atoms with E-state index < -0.39 is 0 Å². The number of amides is 1. The molecule has 17 heavy (non-hydrogen) atoms. The number of nitrogens with one attached hydrogen (secondary N) is 1. The summed E-state index contributed by atoms with van der Waals surface area (Å²) >= 11 is 1.31. The second-order valence-electron chi connectivity index (χ2n) is 3.91. The summed E-state index contributed by atoms with van der Waals surface area (Å²) in [4.78, 5) is 14.4. The van der Waals surface area contributed by atoms with Gasteiger partial charge in [0.25, 0.3) is 5.91 Å². The van der Waals surface area contributed by atoms with Gasteiger partial charge in [0.05, 0.1) is 11.3 Å². The molecule has 0 spiro atoms. The molecule has 6 heteroatoms. The van der Waals surface area contributed by atoms with Crippen molar-refractivity contribution < 1.29 is 4.79 Å². The summed E-state index contributed by atoms with van der Waals surface area (Å²) in [6, 6.07) is 2.05. The van der Waals surface area contributed by atoms with Gasteiger partial charge in [-0.2, -0.15) is 5.26 Å². The molecule has 0 atom stereocenters. The number of nitrogens with zero attached hydrogens (tertiary/aromatic N) is 2. The van der Waals surface area contributed by atoms with E-state index in [0.717, 1.165) is 30.9 Å². The number of hydrogen-bond acceptors (Lipinski definition) is 5.